The fourth-order valence-electron chi connectivity index (χ4n) is 4.72. The monoisotopic (exact) mass is 478 g/mol. The van der Waals surface area contributed by atoms with E-state index in [-0.39, 0.29) is 27.9 Å². The molecule has 32 heavy (non-hydrogen) atoms. The molecule has 3 unspecified atom stereocenters. The number of aliphatic hydroxyl groups is 1. The molecule has 2 aromatic rings. The van der Waals surface area contributed by atoms with Crippen LogP contribution in [0.5, 0.6) is 0 Å². The van der Waals surface area contributed by atoms with Gasteiger partial charge in [0.05, 0.1) is 15.6 Å². The van der Waals surface area contributed by atoms with Crippen LogP contribution in [0.25, 0.3) is 0 Å². The van der Waals surface area contributed by atoms with Gasteiger partial charge in [0.1, 0.15) is 11.9 Å². The number of anilines is 2. The first-order valence-corrected chi connectivity index (χ1v) is 12.2. The Kier molecular flexibility index (Phi) is 6.70. The first kappa shape index (κ1) is 24.2. The number of hydrogen-bond donors (Lipinski definition) is 3. The van der Waals surface area contributed by atoms with Crippen LogP contribution in [0.3, 0.4) is 0 Å². The van der Waals surface area contributed by atoms with E-state index >= 15 is 0 Å². The first-order valence-electron chi connectivity index (χ1n) is 10.3. The number of carbonyl (C=O) groups excluding carboxylic acids is 2. The Hall–Kier alpha value is -2.42. The van der Waals surface area contributed by atoms with Gasteiger partial charge in [-0.15, -0.1) is 0 Å². The highest BCUT2D eigenvalue weighted by atomic mass is 35.5. The fraction of sp³-hybridized carbons (Fsp3) is 0.391. The Labute approximate surface area is 193 Å². The minimum absolute atomic E-state index is 0.0106. The third kappa shape index (κ3) is 4.53. The van der Waals surface area contributed by atoms with Crippen LogP contribution in [0.2, 0.25) is 5.02 Å². The van der Waals surface area contributed by atoms with Gasteiger partial charge < -0.3 is 15.2 Å². The molecule has 0 heterocycles. The van der Waals surface area contributed by atoms with E-state index < -0.39 is 32.9 Å². The molecule has 172 valence electrons. The van der Waals surface area contributed by atoms with Crippen LogP contribution in [0.15, 0.2) is 53.4 Å². The molecule has 0 aliphatic heterocycles. The molecule has 1 aliphatic carbocycles. The molecule has 1 amide bonds. The quantitative estimate of drug-likeness (QED) is 0.519. The van der Waals surface area contributed by atoms with Crippen molar-refractivity contribution in [1.82, 2.24) is 0 Å². The smallest absolute Gasteiger partial charge is 0.261 e. The molecular weight excluding hydrogens is 452 g/mol. The zero-order chi connectivity index (χ0) is 23.7. The van der Waals surface area contributed by atoms with Gasteiger partial charge in [-0.3, -0.25) is 9.52 Å². The largest absolute Gasteiger partial charge is 0.380 e. The van der Waals surface area contributed by atoms with E-state index in [0.29, 0.717) is 12.1 Å². The predicted octanol–water partition coefficient (Wildman–Crippen LogP) is 4.08. The van der Waals surface area contributed by atoms with Crippen molar-refractivity contribution in [3.63, 3.8) is 0 Å². The standard InChI is InChI=1S/C23H27ClN2O5S/c1-15(2)20-22(3,14-27)12-13-23(20,29)21(28)25-16-8-10-17(11-9-16)32(30,31)26-19-7-5-4-6-18(19)24/h4-11,14-15,20,26,29H,12-13H2,1-3H3,(H,25,28). The summed E-state index contributed by atoms with van der Waals surface area (Å²) in [7, 11) is -3.88. The molecule has 1 fully saturated rings. The van der Waals surface area contributed by atoms with Crippen molar-refractivity contribution in [2.75, 3.05) is 10.0 Å². The molecule has 2 aromatic carbocycles. The van der Waals surface area contributed by atoms with E-state index in [1.165, 1.54) is 24.3 Å². The van der Waals surface area contributed by atoms with Gasteiger partial charge in [-0.2, -0.15) is 0 Å². The first-order chi connectivity index (χ1) is 14.9. The lowest BCUT2D eigenvalue weighted by atomic mass is 9.70. The summed E-state index contributed by atoms with van der Waals surface area (Å²) in [6.45, 7) is 5.52. The second-order valence-electron chi connectivity index (χ2n) is 8.83. The lowest BCUT2D eigenvalue weighted by molar-refractivity contribution is -0.144. The second-order valence-corrected chi connectivity index (χ2v) is 10.9. The molecule has 0 radical (unpaired) electrons. The molecule has 7 nitrogen and oxygen atoms in total. The number of sulfonamides is 1. The van der Waals surface area contributed by atoms with Crippen molar-refractivity contribution < 1.29 is 23.1 Å². The summed E-state index contributed by atoms with van der Waals surface area (Å²) in [5, 5.41) is 14.1. The number of halogens is 1. The van der Waals surface area contributed by atoms with Gasteiger partial charge in [0.15, 0.2) is 0 Å². The summed E-state index contributed by atoms with van der Waals surface area (Å²) >= 11 is 6.02. The van der Waals surface area contributed by atoms with Crippen LogP contribution in [-0.4, -0.2) is 31.3 Å². The lowest BCUT2D eigenvalue weighted by Crippen LogP contribution is -2.51. The summed E-state index contributed by atoms with van der Waals surface area (Å²) < 4.78 is 27.7. The van der Waals surface area contributed by atoms with E-state index in [1.54, 1.807) is 31.2 Å². The third-order valence-corrected chi connectivity index (χ3v) is 7.85. The topological polar surface area (TPSA) is 113 Å². The molecule has 1 aliphatic rings. The Morgan fingerprint density at radius 3 is 2.34 bits per heavy atom. The van der Waals surface area contributed by atoms with Gasteiger partial charge in [-0.25, -0.2) is 8.42 Å². The molecule has 0 aromatic heterocycles. The number of hydrogen-bond acceptors (Lipinski definition) is 5. The number of nitrogens with one attached hydrogen (secondary N) is 2. The lowest BCUT2D eigenvalue weighted by Gasteiger charge is -2.37. The van der Waals surface area contributed by atoms with Crippen molar-refractivity contribution in [3.8, 4) is 0 Å². The zero-order valence-electron chi connectivity index (χ0n) is 18.1. The maximum absolute atomic E-state index is 13.0. The average molecular weight is 479 g/mol. The van der Waals surface area contributed by atoms with Gasteiger partial charge in [-0.05, 0) is 55.2 Å². The van der Waals surface area contributed by atoms with E-state index in [9.17, 15) is 23.1 Å². The number of carbonyl (C=O) groups is 2. The maximum Gasteiger partial charge on any atom is 0.261 e. The van der Waals surface area contributed by atoms with Gasteiger partial charge >= 0.3 is 0 Å². The summed E-state index contributed by atoms with van der Waals surface area (Å²) in [6.07, 6.45) is 1.41. The Balaban J connectivity index is 1.78. The van der Waals surface area contributed by atoms with Crippen molar-refractivity contribution in [3.05, 3.63) is 53.6 Å². The molecular formula is C23H27ClN2O5S. The summed E-state index contributed by atoms with van der Waals surface area (Å²) in [5.74, 6) is -1.23. The third-order valence-electron chi connectivity index (χ3n) is 6.14. The van der Waals surface area contributed by atoms with Crippen LogP contribution in [0, 0.1) is 17.3 Å². The molecule has 0 spiro atoms. The van der Waals surface area contributed by atoms with Crippen molar-refractivity contribution in [2.24, 2.45) is 17.3 Å². The number of amides is 1. The molecule has 0 bridgehead atoms. The van der Waals surface area contributed by atoms with E-state index in [1.807, 2.05) is 13.8 Å². The van der Waals surface area contributed by atoms with E-state index in [0.717, 1.165) is 6.29 Å². The number of benzene rings is 2. The van der Waals surface area contributed by atoms with Crippen LogP contribution < -0.4 is 10.0 Å². The highest BCUT2D eigenvalue weighted by molar-refractivity contribution is 7.92. The average Bonchev–Trinajstić information content (AvgIpc) is 3.03. The van der Waals surface area contributed by atoms with Gasteiger partial charge in [0, 0.05) is 17.0 Å². The van der Waals surface area contributed by atoms with Gasteiger partial charge in [0.25, 0.3) is 15.9 Å². The van der Waals surface area contributed by atoms with Gasteiger partial charge in [-0.1, -0.05) is 44.5 Å². The Morgan fingerprint density at radius 2 is 1.78 bits per heavy atom. The zero-order valence-corrected chi connectivity index (χ0v) is 19.7. The summed E-state index contributed by atoms with van der Waals surface area (Å²) in [5.41, 5.74) is -1.89. The van der Waals surface area contributed by atoms with Gasteiger partial charge in [0.2, 0.25) is 0 Å². The molecule has 3 rings (SSSR count). The number of rotatable bonds is 7. The SMILES string of the molecule is CC(C)C1C(C)(C=O)CCC1(O)C(=O)Nc1ccc(S(=O)(=O)Nc2ccccc2Cl)cc1. The van der Waals surface area contributed by atoms with Crippen LogP contribution >= 0.6 is 11.6 Å². The van der Waals surface area contributed by atoms with Crippen molar-refractivity contribution >= 4 is 45.2 Å². The molecule has 9 heteroatoms. The fourth-order valence-corrected chi connectivity index (χ4v) is 6.04. The van der Waals surface area contributed by atoms with Crippen molar-refractivity contribution in [2.45, 2.75) is 44.1 Å². The van der Waals surface area contributed by atoms with E-state index in [2.05, 4.69) is 10.0 Å². The normalized spacial score (nSPS) is 25.5. The highest BCUT2D eigenvalue weighted by Crippen LogP contribution is 2.51. The Morgan fingerprint density at radius 1 is 1.16 bits per heavy atom. The van der Waals surface area contributed by atoms with Crippen LogP contribution in [0.4, 0.5) is 11.4 Å². The maximum atomic E-state index is 13.0. The minimum atomic E-state index is -3.88. The van der Waals surface area contributed by atoms with Crippen LogP contribution in [0.1, 0.15) is 33.6 Å². The molecule has 0 saturated heterocycles. The minimum Gasteiger partial charge on any atom is -0.380 e. The van der Waals surface area contributed by atoms with Crippen LogP contribution in [-0.2, 0) is 19.6 Å². The van der Waals surface area contributed by atoms with Crippen molar-refractivity contribution in [1.29, 1.82) is 0 Å². The molecule has 3 N–H and O–H groups in total. The second kappa shape index (κ2) is 8.84. The molecule has 1 saturated carbocycles. The Bertz CT molecular complexity index is 1120. The summed E-state index contributed by atoms with van der Waals surface area (Å²) in [4.78, 5) is 24.7. The summed E-state index contributed by atoms with van der Waals surface area (Å²) in [6, 6.07) is 12.1. The van der Waals surface area contributed by atoms with E-state index in [4.69, 9.17) is 11.6 Å². The highest BCUT2D eigenvalue weighted by Gasteiger charge is 2.59. The predicted molar refractivity (Wildman–Crippen MR) is 124 cm³/mol. The number of aldehydes is 1. The number of para-hydroxylation sites is 1. The molecule has 3 atom stereocenters.